The molecule has 3 heterocycles. The van der Waals surface area contributed by atoms with Gasteiger partial charge >= 0.3 is 0 Å². The second kappa shape index (κ2) is 18.4. The number of hydrogen-bond acceptors (Lipinski definition) is 3. The minimum Gasteiger partial charge on any atom is -0.334 e. The predicted octanol–water partition coefficient (Wildman–Crippen LogP) is 20.1. The first kappa shape index (κ1) is 55.1. The normalized spacial score (nSPS) is 22.0. The van der Waals surface area contributed by atoms with Crippen molar-refractivity contribution in [1.29, 1.82) is 0 Å². The fraction of sp³-hybridized carbons (Fsp3) is 0.400. The molecule has 2 unspecified atom stereocenters. The Hall–Kier alpha value is -6.78. The van der Waals surface area contributed by atoms with Crippen LogP contribution >= 0.6 is 0 Å². The van der Waals surface area contributed by atoms with E-state index in [-0.39, 0.29) is 50.2 Å². The quantitative estimate of drug-likeness (QED) is 0.159. The Morgan fingerprint density at radius 2 is 0.881 bits per heavy atom. The zero-order valence-electron chi connectivity index (χ0n) is 53.6. The highest BCUT2D eigenvalue weighted by Gasteiger charge is 2.59. The number of nitrogens with zero attached hydrogens (tertiary/aromatic N) is 3. The fourth-order valence-corrected chi connectivity index (χ4v) is 16.9. The molecule has 0 radical (unpaired) electrons. The van der Waals surface area contributed by atoms with Crippen LogP contribution in [0.4, 0.5) is 45.5 Å². The monoisotopic (exact) mass is 1100 g/mol. The molecule has 3 nitrogen and oxygen atoms in total. The van der Waals surface area contributed by atoms with Gasteiger partial charge in [-0.05, 0) is 205 Å². The molecule has 8 aromatic rings. The van der Waals surface area contributed by atoms with Crippen molar-refractivity contribution < 1.29 is 0 Å². The summed E-state index contributed by atoms with van der Waals surface area (Å²) in [7, 11) is 0. The van der Waals surface area contributed by atoms with Crippen LogP contribution in [-0.4, -0.2) is 12.3 Å². The van der Waals surface area contributed by atoms with E-state index in [4.69, 9.17) is 0 Å². The Morgan fingerprint density at radius 3 is 1.51 bits per heavy atom. The average Bonchev–Trinajstić information content (AvgIpc) is 1.16. The second-order valence-corrected chi connectivity index (χ2v) is 31.8. The van der Waals surface area contributed by atoms with Crippen LogP contribution in [0.2, 0.25) is 0 Å². The average molecular weight is 1100 g/mol. The Morgan fingerprint density at radius 1 is 0.357 bits per heavy atom. The second-order valence-electron chi connectivity index (χ2n) is 31.8. The summed E-state index contributed by atoms with van der Waals surface area (Å²) in [5.74, 6) is 0. The van der Waals surface area contributed by atoms with E-state index in [1.165, 1.54) is 149 Å². The van der Waals surface area contributed by atoms with Crippen molar-refractivity contribution in [3.63, 3.8) is 0 Å². The summed E-state index contributed by atoms with van der Waals surface area (Å²) in [6.07, 6.45) is 9.40. The molecule has 14 rings (SSSR count). The first-order valence-electron chi connectivity index (χ1n) is 32.1. The van der Waals surface area contributed by atoms with Gasteiger partial charge in [0.05, 0.1) is 11.2 Å². The summed E-state index contributed by atoms with van der Waals surface area (Å²) in [5, 5.41) is 0. The maximum absolute atomic E-state index is 2.87. The van der Waals surface area contributed by atoms with Crippen LogP contribution in [0.15, 0.2) is 158 Å². The number of rotatable bonds is 5. The van der Waals surface area contributed by atoms with E-state index in [2.05, 4.69) is 283 Å². The third-order valence-electron chi connectivity index (χ3n) is 22.6. The molecular weight excluding hydrogens is 1010 g/mol. The molecule has 8 aromatic carbocycles. The maximum atomic E-state index is 2.87. The van der Waals surface area contributed by atoms with Crippen molar-refractivity contribution in [1.82, 2.24) is 0 Å². The van der Waals surface area contributed by atoms with Gasteiger partial charge in [0.1, 0.15) is 0 Å². The number of benzene rings is 8. The summed E-state index contributed by atoms with van der Waals surface area (Å²) in [6, 6.07) is 63.4. The summed E-state index contributed by atoms with van der Waals surface area (Å²) < 4.78 is 0. The van der Waals surface area contributed by atoms with Crippen molar-refractivity contribution in [2.75, 3.05) is 14.7 Å². The van der Waals surface area contributed by atoms with Crippen molar-refractivity contribution >= 4 is 68.6 Å². The highest BCUT2D eigenvalue weighted by molar-refractivity contribution is 7.00. The van der Waals surface area contributed by atoms with E-state index in [1.54, 1.807) is 0 Å². The fourth-order valence-electron chi connectivity index (χ4n) is 16.9. The molecule has 3 aliphatic heterocycles. The number of hydrogen-bond donors (Lipinski definition) is 0. The van der Waals surface area contributed by atoms with Crippen LogP contribution in [0.25, 0.3) is 22.3 Å². The minimum absolute atomic E-state index is 0.000708. The lowest BCUT2D eigenvalue weighted by atomic mass is 9.33. The van der Waals surface area contributed by atoms with E-state index in [0.29, 0.717) is 0 Å². The lowest BCUT2D eigenvalue weighted by Crippen LogP contribution is -2.62. The van der Waals surface area contributed by atoms with Crippen LogP contribution in [0.5, 0.6) is 0 Å². The summed E-state index contributed by atoms with van der Waals surface area (Å²) >= 11 is 0. The standard InChI is InChI=1S/C80H90BN3/c1-73(2,3)54-30-35-66(58(44-54)52-27-21-18-22-28-52)83-68-34-29-53(51-25-19-17-20-26-51)43-64(68)81-65-49-61-62(78(13,14)42-41-77(61,11)12)50-69(65)82(56-32-33-59-60(46-56)76(9,10)40-39-75(59,7)8)70-47-57(48-71(83)72(70)81)84-67-36-31-55(74(4,5)6)45-63(67)79(15)37-23-24-38-80(79,84)16/h17-22,25-36,43-50H,23-24,37-42H2,1-16H3. The van der Waals surface area contributed by atoms with Gasteiger partial charge < -0.3 is 14.7 Å². The molecule has 4 heteroatoms. The Bertz CT molecular complexity index is 4000. The summed E-state index contributed by atoms with van der Waals surface area (Å²) in [6.45, 7) is 39.4. The van der Waals surface area contributed by atoms with E-state index < -0.39 is 0 Å². The van der Waals surface area contributed by atoms with E-state index in [9.17, 15) is 0 Å². The number of fused-ring (bicyclic) bond motifs is 9. The van der Waals surface area contributed by atoms with Crippen molar-refractivity contribution in [3.05, 3.63) is 197 Å². The smallest absolute Gasteiger partial charge is 0.252 e. The number of anilines is 8. The molecule has 6 aliphatic rings. The predicted molar refractivity (Wildman–Crippen MR) is 362 cm³/mol. The first-order chi connectivity index (χ1) is 39.6. The van der Waals surface area contributed by atoms with Crippen LogP contribution in [0.1, 0.15) is 201 Å². The Balaban J connectivity index is 1.16. The minimum atomic E-state index is -0.177. The molecule has 2 atom stereocenters. The molecule has 0 N–H and O–H groups in total. The van der Waals surface area contributed by atoms with Crippen molar-refractivity contribution in [3.8, 4) is 22.3 Å². The van der Waals surface area contributed by atoms with Gasteiger partial charge in [0.25, 0.3) is 6.71 Å². The van der Waals surface area contributed by atoms with E-state index in [0.717, 1.165) is 25.7 Å². The Kier molecular flexibility index (Phi) is 12.1. The SMILES string of the molecule is CC(C)(C)c1ccc(N2c3ccc(-c4ccccc4)cc3B3c4cc5c(cc4N(c4ccc6c(c4)C(C)(C)CCC6(C)C)c4cc(N6c7ccc(C(C)(C)C)cc7C7(C)CCCCC67C)cc2c43)C(C)(C)CCC5(C)C)c(-c2ccccc2)c1. The Labute approximate surface area is 505 Å². The van der Waals surface area contributed by atoms with Gasteiger partial charge in [-0.25, -0.2) is 0 Å². The third kappa shape index (κ3) is 8.17. The van der Waals surface area contributed by atoms with E-state index in [1.807, 2.05) is 0 Å². The van der Waals surface area contributed by atoms with Crippen molar-refractivity contribution in [2.24, 2.45) is 0 Å². The zero-order valence-corrected chi connectivity index (χ0v) is 53.6. The lowest BCUT2D eigenvalue weighted by molar-refractivity contribution is 0.195. The molecule has 0 bridgehead atoms. The molecule has 428 valence electrons. The van der Waals surface area contributed by atoms with Gasteiger partial charge in [-0.2, -0.15) is 0 Å². The lowest BCUT2D eigenvalue weighted by Gasteiger charge is -2.51. The summed E-state index contributed by atoms with van der Waals surface area (Å²) in [5.41, 5.74) is 29.4. The van der Waals surface area contributed by atoms with Crippen molar-refractivity contribution in [2.45, 2.75) is 206 Å². The van der Waals surface area contributed by atoms with E-state index >= 15 is 0 Å². The molecular formula is C80H90BN3. The molecule has 0 spiro atoms. The highest BCUT2D eigenvalue weighted by Crippen LogP contribution is 2.63. The van der Waals surface area contributed by atoms with Crippen LogP contribution in [-0.2, 0) is 37.9 Å². The molecule has 84 heavy (non-hydrogen) atoms. The first-order valence-corrected chi connectivity index (χ1v) is 32.1. The molecule has 3 aliphatic carbocycles. The molecule has 0 saturated heterocycles. The largest absolute Gasteiger partial charge is 0.334 e. The van der Waals surface area contributed by atoms with Gasteiger partial charge in [0.2, 0.25) is 0 Å². The molecule has 1 fully saturated rings. The van der Waals surface area contributed by atoms with Crippen LogP contribution in [0.3, 0.4) is 0 Å². The topological polar surface area (TPSA) is 9.72 Å². The van der Waals surface area contributed by atoms with Gasteiger partial charge in [-0.1, -0.05) is 220 Å². The van der Waals surface area contributed by atoms with Crippen LogP contribution < -0.4 is 31.1 Å². The summed E-state index contributed by atoms with van der Waals surface area (Å²) in [4.78, 5) is 8.39. The maximum Gasteiger partial charge on any atom is 0.252 e. The molecule has 0 aromatic heterocycles. The van der Waals surface area contributed by atoms with Gasteiger partial charge in [0.15, 0.2) is 0 Å². The van der Waals surface area contributed by atoms with Gasteiger partial charge in [0, 0.05) is 50.8 Å². The third-order valence-corrected chi connectivity index (χ3v) is 22.6. The van der Waals surface area contributed by atoms with Gasteiger partial charge in [-0.15, -0.1) is 0 Å². The highest BCUT2D eigenvalue weighted by atomic mass is 15.3. The zero-order chi connectivity index (χ0) is 59.1. The molecule has 1 saturated carbocycles. The molecule has 0 amide bonds. The van der Waals surface area contributed by atoms with Gasteiger partial charge in [-0.3, -0.25) is 0 Å². The van der Waals surface area contributed by atoms with Crippen LogP contribution in [0, 0.1) is 0 Å².